The summed E-state index contributed by atoms with van der Waals surface area (Å²) < 4.78 is 5.29. The van der Waals surface area contributed by atoms with Crippen molar-refractivity contribution in [3.05, 3.63) is 59.7 Å². The highest BCUT2D eigenvalue weighted by molar-refractivity contribution is 7.99. The molecule has 0 spiro atoms. The Bertz CT molecular complexity index is 915. The van der Waals surface area contributed by atoms with Crippen LogP contribution in [-0.4, -0.2) is 48.4 Å². The topological polar surface area (TPSA) is 58.6 Å². The number of ether oxygens (including phenoxy) is 1. The summed E-state index contributed by atoms with van der Waals surface area (Å²) in [5.41, 5.74) is 2.30. The average Bonchev–Trinajstić information content (AvgIpc) is 2.86. The summed E-state index contributed by atoms with van der Waals surface area (Å²) in [6.45, 7) is 1.68. The molecular formula is C26H32N2O3S. The maximum atomic E-state index is 13.5. The number of carbonyl (C=O) groups excluding carboxylic acids is 2. The Morgan fingerprint density at radius 2 is 1.62 bits per heavy atom. The summed E-state index contributed by atoms with van der Waals surface area (Å²) in [4.78, 5) is 28.0. The molecule has 2 aromatic carbocycles. The van der Waals surface area contributed by atoms with E-state index < -0.39 is 5.41 Å². The molecule has 0 aromatic heterocycles. The minimum absolute atomic E-state index is 0.0528. The second-order valence-corrected chi connectivity index (χ2v) is 9.92. The van der Waals surface area contributed by atoms with Gasteiger partial charge in [0.05, 0.1) is 18.9 Å². The van der Waals surface area contributed by atoms with E-state index in [4.69, 9.17) is 4.74 Å². The number of nitrogens with one attached hydrogen (secondary N) is 1. The number of hydrogen-bond donors (Lipinski definition) is 1. The molecule has 2 amide bonds. The first kappa shape index (κ1) is 22.7. The van der Waals surface area contributed by atoms with Crippen LogP contribution in [-0.2, 0) is 21.4 Å². The predicted molar refractivity (Wildman–Crippen MR) is 130 cm³/mol. The van der Waals surface area contributed by atoms with Crippen LogP contribution in [0.25, 0.3) is 0 Å². The molecule has 2 aromatic rings. The fourth-order valence-corrected chi connectivity index (χ4v) is 5.67. The SMILES string of the molecule is COc1ccc(C2(C(=O)Nc3ccc(CC(=O)N4CCSCC4)cc3)CCCCC2)cc1. The first-order chi connectivity index (χ1) is 15.6. The molecule has 170 valence electrons. The van der Waals surface area contributed by atoms with Crippen LogP contribution in [0.3, 0.4) is 0 Å². The molecule has 2 aliphatic rings. The normalized spacial score (nSPS) is 18.1. The van der Waals surface area contributed by atoms with E-state index in [0.29, 0.717) is 6.42 Å². The largest absolute Gasteiger partial charge is 0.497 e. The van der Waals surface area contributed by atoms with Crippen LogP contribution in [0.1, 0.15) is 43.2 Å². The van der Waals surface area contributed by atoms with E-state index in [-0.39, 0.29) is 11.8 Å². The Kier molecular flexibility index (Phi) is 7.40. The molecule has 1 N–H and O–H groups in total. The standard InChI is InChI=1S/C26H32N2O3S/c1-31-23-11-7-21(8-12-23)26(13-3-2-4-14-26)25(30)27-22-9-5-20(6-10-22)19-24(29)28-15-17-32-18-16-28/h5-12H,2-4,13-19H2,1H3,(H,27,30). The van der Waals surface area contributed by atoms with Crippen LogP contribution in [0.15, 0.2) is 48.5 Å². The summed E-state index contributed by atoms with van der Waals surface area (Å²) in [5.74, 6) is 3.08. The molecular weight excluding hydrogens is 420 g/mol. The summed E-state index contributed by atoms with van der Waals surface area (Å²) >= 11 is 1.90. The molecule has 2 fully saturated rings. The number of anilines is 1. The Labute approximate surface area is 194 Å². The Morgan fingerprint density at radius 1 is 0.969 bits per heavy atom. The van der Waals surface area contributed by atoms with Crippen molar-refractivity contribution in [3.63, 3.8) is 0 Å². The van der Waals surface area contributed by atoms with Crippen molar-refractivity contribution < 1.29 is 14.3 Å². The number of methoxy groups -OCH3 is 1. The van der Waals surface area contributed by atoms with E-state index in [1.54, 1.807) is 7.11 Å². The highest BCUT2D eigenvalue weighted by Gasteiger charge is 2.41. The molecule has 1 aliphatic carbocycles. The second kappa shape index (κ2) is 10.4. The fourth-order valence-electron chi connectivity index (χ4n) is 4.77. The van der Waals surface area contributed by atoms with Gasteiger partial charge in [0, 0.05) is 30.3 Å². The summed E-state index contributed by atoms with van der Waals surface area (Å²) in [5, 5.41) is 3.16. The summed E-state index contributed by atoms with van der Waals surface area (Å²) in [6.07, 6.45) is 5.39. The van der Waals surface area contributed by atoms with Crippen molar-refractivity contribution in [3.8, 4) is 5.75 Å². The lowest BCUT2D eigenvalue weighted by Crippen LogP contribution is -2.42. The third-order valence-electron chi connectivity index (χ3n) is 6.72. The monoisotopic (exact) mass is 452 g/mol. The summed E-state index contributed by atoms with van der Waals surface area (Å²) in [6, 6.07) is 15.7. The molecule has 5 nitrogen and oxygen atoms in total. The zero-order valence-electron chi connectivity index (χ0n) is 18.8. The highest BCUT2D eigenvalue weighted by atomic mass is 32.2. The van der Waals surface area contributed by atoms with Crippen molar-refractivity contribution in [1.82, 2.24) is 4.90 Å². The van der Waals surface area contributed by atoms with Crippen LogP contribution in [0, 0.1) is 0 Å². The van der Waals surface area contributed by atoms with Crippen molar-refractivity contribution in [2.24, 2.45) is 0 Å². The Morgan fingerprint density at radius 3 is 2.25 bits per heavy atom. The first-order valence-corrected chi connectivity index (χ1v) is 12.7. The van der Waals surface area contributed by atoms with Crippen LogP contribution in [0.5, 0.6) is 5.75 Å². The third-order valence-corrected chi connectivity index (χ3v) is 7.66. The van der Waals surface area contributed by atoms with E-state index in [1.807, 2.05) is 65.2 Å². The number of benzene rings is 2. The predicted octanol–water partition coefficient (Wildman–Crippen LogP) is 4.65. The molecule has 6 heteroatoms. The van der Waals surface area contributed by atoms with Crippen LogP contribution >= 0.6 is 11.8 Å². The van der Waals surface area contributed by atoms with Gasteiger partial charge in [-0.15, -0.1) is 0 Å². The van der Waals surface area contributed by atoms with Crippen molar-refractivity contribution >= 4 is 29.3 Å². The van der Waals surface area contributed by atoms with Crippen LogP contribution in [0.4, 0.5) is 5.69 Å². The van der Waals surface area contributed by atoms with Crippen LogP contribution in [0.2, 0.25) is 0 Å². The molecule has 32 heavy (non-hydrogen) atoms. The lowest BCUT2D eigenvalue weighted by atomic mass is 9.68. The highest BCUT2D eigenvalue weighted by Crippen LogP contribution is 2.41. The molecule has 0 atom stereocenters. The van der Waals surface area contributed by atoms with E-state index in [0.717, 1.165) is 72.8 Å². The maximum absolute atomic E-state index is 13.5. The van der Waals surface area contributed by atoms with Gasteiger partial charge in [-0.25, -0.2) is 0 Å². The molecule has 1 saturated carbocycles. The van der Waals surface area contributed by atoms with Gasteiger partial charge in [-0.2, -0.15) is 11.8 Å². The molecule has 0 radical (unpaired) electrons. The molecule has 1 heterocycles. The van der Waals surface area contributed by atoms with Gasteiger partial charge in [0.15, 0.2) is 0 Å². The lowest BCUT2D eigenvalue weighted by Gasteiger charge is -2.36. The fraction of sp³-hybridized carbons (Fsp3) is 0.462. The minimum atomic E-state index is -0.508. The molecule has 0 unspecified atom stereocenters. The molecule has 0 bridgehead atoms. The van der Waals surface area contributed by atoms with E-state index >= 15 is 0 Å². The van der Waals surface area contributed by atoms with E-state index in [1.165, 1.54) is 6.42 Å². The molecule has 1 aliphatic heterocycles. The van der Waals surface area contributed by atoms with Crippen LogP contribution < -0.4 is 10.1 Å². The zero-order valence-corrected chi connectivity index (χ0v) is 19.6. The van der Waals surface area contributed by atoms with Gasteiger partial charge in [-0.1, -0.05) is 43.5 Å². The van der Waals surface area contributed by atoms with Gasteiger partial charge in [0.1, 0.15) is 5.75 Å². The molecule has 1 saturated heterocycles. The maximum Gasteiger partial charge on any atom is 0.235 e. The summed E-state index contributed by atoms with van der Waals surface area (Å²) in [7, 11) is 1.65. The number of amides is 2. The molecule has 4 rings (SSSR count). The average molecular weight is 453 g/mol. The van der Waals surface area contributed by atoms with Gasteiger partial charge in [-0.05, 0) is 48.2 Å². The Hall–Kier alpha value is -2.47. The number of thioether (sulfide) groups is 1. The van der Waals surface area contributed by atoms with Crippen molar-refractivity contribution in [1.29, 1.82) is 0 Å². The van der Waals surface area contributed by atoms with Crippen molar-refractivity contribution in [2.45, 2.75) is 43.9 Å². The van der Waals surface area contributed by atoms with Gasteiger partial charge in [0.2, 0.25) is 11.8 Å². The minimum Gasteiger partial charge on any atom is -0.497 e. The van der Waals surface area contributed by atoms with Gasteiger partial charge in [-0.3, -0.25) is 9.59 Å². The number of hydrogen-bond acceptors (Lipinski definition) is 4. The lowest BCUT2D eigenvalue weighted by molar-refractivity contribution is -0.130. The Balaban J connectivity index is 1.44. The van der Waals surface area contributed by atoms with Gasteiger partial charge < -0.3 is 15.0 Å². The smallest absolute Gasteiger partial charge is 0.235 e. The van der Waals surface area contributed by atoms with E-state index in [9.17, 15) is 9.59 Å². The number of carbonyl (C=O) groups is 2. The first-order valence-electron chi connectivity index (χ1n) is 11.5. The van der Waals surface area contributed by atoms with Gasteiger partial charge in [0.25, 0.3) is 0 Å². The number of rotatable bonds is 6. The quantitative estimate of drug-likeness (QED) is 0.693. The van der Waals surface area contributed by atoms with Gasteiger partial charge >= 0.3 is 0 Å². The number of nitrogens with zero attached hydrogens (tertiary/aromatic N) is 1. The van der Waals surface area contributed by atoms with E-state index in [2.05, 4.69) is 5.32 Å². The zero-order chi connectivity index (χ0) is 22.4. The third kappa shape index (κ3) is 5.12. The second-order valence-electron chi connectivity index (χ2n) is 8.69. The van der Waals surface area contributed by atoms with Crippen molar-refractivity contribution in [2.75, 3.05) is 37.0 Å².